The van der Waals surface area contributed by atoms with Gasteiger partial charge >= 0.3 is 0 Å². The minimum Gasteiger partial charge on any atom is -0.494 e. The highest BCUT2D eigenvalue weighted by molar-refractivity contribution is 6.26. The highest BCUT2D eigenvalue weighted by Gasteiger charge is 2.68. The molecule has 7 rings (SSSR count). The standard InChI is InChI=1S/C28H26N2O6/c1-3-35-17-9-5-15(6-10-17)29-25(31)21-19-13-14-20(22(21)26(29)32)24-23(19)27(33)30(28(24)34)16-7-11-18(12-8-16)36-4-2/h5-14,19-24H,3-4H2,1-2H3/t19?,20?,21-,22+,23-,24+. The van der Waals surface area contributed by atoms with E-state index >= 15 is 0 Å². The first-order chi connectivity index (χ1) is 17.5. The van der Waals surface area contributed by atoms with Crippen molar-refractivity contribution in [1.82, 2.24) is 0 Å². The lowest BCUT2D eigenvalue weighted by Gasteiger charge is -2.44. The molecular weight excluding hydrogens is 460 g/mol. The summed E-state index contributed by atoms with van der Waals surface area (Å²) in [4.78, 5) is 56.8. The highest BCUT2D eigenvalue weighted by atomic mass is 16.5. The smallest absolute Gasteiger partial charge is 0.238 e. The number of benzene rings is 2. The van der Waals surface area contributed by atoms with Gasteiger partial charge in [-0.15, -0.1) is 0 Å². The SMILES string of the molecule is CCOc1ccc(N2C(=O)[C@@H]3C4C=CC([C@@H]3C2=O)[C@@H]2C(=O)N(c3ccc(OCC)cc3)C(=O)[C@H]42)cc1. The van der Waals surface area contributed by atoms with E-state index in [1.807, 2.05) is 26.0 Å². The van der Waals surface area contributed by atoms with Crippen LogP contribution in [0.1, 0.15) is 13.8 Å². The summed E-state index contributed by atoms with van der Waals surface area (Å²) in [5, 5.41) is 0. The number of nitrogens with zero attached hydrogens (tertiary/aromatic N) is 2. The second-order valence-electron chi connectivity index (χ2n) is 9.52. The molecule has 2 bridgehead atoms. The van der Waals surface area contributed by atoms with Crippen LogP contribution in [0.3, 0.4) is 0 Å². The largest absolute Gasteiger partial charge is 0.494 e. The third kappa shape index (κ3) is 3.06. The summed E-state index contributed by atoms with van der Waals surface area (Å²) in [7, 11) is 0. The second kappa shape index (κ2) is 8.33. The fourth-order valence-electron chi connectivity index (χ4n) is 6.45. The van der Waals surface area contributed by atoms with Gasteiger partial charge < -0.3 is 9.47 Å². The van der Waals surface area contributed by atoms with E-state index in [4.69, 9.17) is 9.47 Å². The minimum atomic E-state index is -0.655. The van der Waals surface area contributed by atoms with E-state index in [2.05, 4.69) is 0 Å². The van der Waals surface area contributed by atoms with Crippen molar-refractivity contribution in [2.45, 2.75) is 13.8 Å². The zero-order valence-electron chi connectivity index (χ0n) is 20.0. The van der Waals surface area contributed by atoms with Gasteiger partial charge in [0, 0.05) is 11.8 Å². The van der Waals surface area contributed by atoms with Crippen LogP contribution in [-0.4, -0.2) is 36.8 Å². The Balaban J connectivity index is 1.31. The first-order valence-corrected chi connectivity index (χ1v) is 12.4. The molecule has 0 N–H and O–H groups in total. The van der Waals surface area contributed by atoms with Gasteiger partial charge in [-0.05, 0) is 62.4 Å². The van der Waals surface area contributed by atoms with E-state index in [-0.39, 0.29) is 23.6 Å². The van der Waals surface area contributed by atoms with E-state index in [0.717, 1.165) is 0 Å². The molecule has 3 aliphatic carbocycles. The van der Waals surface area contributed by atoms with Crippen LogP contribution >= 0.6 is 0 Å². The van der Waals surface area contributed by atoms with E-state index in [0.29, 0.717) is 36.1 Å². The summed E-state index contributed by atoms with van der Waals surface area (Å²) < 4.78 is 10.9. The normalized spacial score (nSPS) is 30.2. The number of amides is 4. The third-order valence-corrected chi connectivity index (χ3v) is 7.82. The van der Waals surface area contributed by atoms with Crippen LogP contribution in [0.25, 0.3) is 0 Å². The van der Waals surface area contributed by atoms with Gasteiger partial charge in [-0.1, -0.05) is 12.2 Å². The molecule has 5 aliphatic rings. The summed E-state index contributed by atoms with van der Waals surface area (Å²) in [6.45, 7) is 4.79. The number of anilines is 2. The zero-order chi connectivity index (χ0) is 25.1. The Hall–Kier alpha value is -3.94. The average molecular weight is 487 g/mol. The van der Waals surface area contributed by atoms with Crippen molar-refractivity contribution in [3.8, 4) is 11.5 Å². The third-order valence-electron chi connectivity index (χ3n) is 7.82. The molecule has 8 nitrogen and oxygen atoms in total. The number of hydrogen-bond acceptors (Lipinski definition) is 6. The molecule has 3 fully saturated rings. The van der Waals surface area contributed by atoms with Gasteiger partial charge in [-0.3, -0.25) is 29.0 Å². The maximum absolute atomic E-state index is 13.6. The predicted molar refractivity (Wildman–Crippen MR) is 130 cm³/mol. The summed E-state index contributed by atoms with van der Waals surface area (Å²) in [5.41, 5.74) is 0.946. The van der Waals surface area contributed by atoms with Gasteiger partial charge in [-0.2, -0.15) is 0 Å². The van der Waals surface area contributed by atoms with Crippen LogP contribution in [0.15, 0.2) is 60.7 Å². The molecule has 0 radical (unpaired) electrons. The highest BCUT2D eigenvalue weighted by Crippen LogP contribution is 2.58. The van der Waals surface area contributed by atoms with Crippen molar-refractivity contribution in [2.24, 2.45) is 35.5 Å². The maximum Gasteiger partial charge on any atom is 0.238 e. The quantitative estimate of drug-likeness (QED) is 0.460. The first-order valence-electron chi connectivity index (χ1n) is 12.4. The number of carbonyl (C=O) groups is 4. The summed E-state index contributed by atoms with van der Waals surface area (Å²) in [6.07, 6.45) is 3.74. The summed E-state index contributed by atoms with van der Waals surface area (Å²) in [6, 6.07) is 13.7. The zero-order valence-corrected chi connectivity index (χ0v) is 20.0. The molecule has 2 aromatic carbocycles. The van der Waals surface area contributed by atoms with Crippen molar-refractivity contribution in [3.05, 3.63) is 60.7 Å². The van der Waals surface area contributed by atoms with Crippen LogP contribution < -0.4 is 19.3 Å². The van der Waals surface area contributed by atoms with Crippen molar-refractivity contribution < 1.29 is 28.7 Å². The number of ether oxygens (including phenoxy) is 2. The Labute approximate surface area is 208 Å². The maximum atomic E-state index is 13.6. The number of allylic oxidation sites excluding steroid dienone is 2. The van der Waals surface area contributed by atoms with Gasteiger partial charge in [0.05, 0.1) is 48.3 Å². The topological polar surface area (TPSA) is 93.2 Å². The van der Waals surface area contributed by atoms with Crippen LogP contribution in [0.5, 0.6) is 11.5 Å². The number of rotatable bonds is 6. The number of hydrogen-bond donors (Lipinski definition) is 0. The van der Waals surface area contributed by atoms with Crippen molar-refractivity contribution >= 4 is 35.0 Å². The molecule has 0 aromatic heterocycles. The van der Waals surface area contributed by atoms with Gasteiger partial charge in [0.15, 0.2) is 0 Å². The fraction of sp³-hybridized carbons (Fsp3) is 0.357. The van der Waals surface area contributed by atoms with Crippen LogP contribution in [0, 0.1) is 35.5 Å². The van der Waals surface area contributed by atoms with Crippen molar-refractivity contribution in [3.63, 3.8) is 0 Å². The van der Waals surface area contributed by atoms with Gasteiger partial charge in [-0.25, -0.2) is 0 Å². The molecule has 4 atom stereocenters. The second-order valence-corrected chi connectivity index (χ2v) is 9.52. The number of imide groups is 2. The average Bonchev–Trinajstić information content (AvgIpc) is 3.33. The Kier molecular flexibility index (Phi) is 5.21. The molecule has 0 unspecified atom stereocenters. The lowest BCUT2D eigenvalue weighted by atomic mass is 9.54. The first kappa shape index (κ1) is 22.5. The molecule has 1 saturated carbocycles. The van der Waals surface area contributed by atoms with E-state index in [9.17, 15) is 19.2 Å². The Bertz CT molecular complexity index is 1140. The van der Waals surface area contributed by atoms with Crippen molar-refractivity contribution in [2.75, 3.05) is 23.0 Å². The summed E-state index contributed by atoms with van der Waals surface area (Å²) in [5.74, 6) is -3.57. The van der Waals surface area contributed by atoms with Gasteiger partial charge in [0.25, 0.3) is 0 Å². The molecule has 2 aliphatic heterocycles. The summed E-state index contributed by atoms with van der Waals surface area (Å²) >= 11 is 0. The lowest BCUT2D eigenvalue weighted by molar-refractivity contribution is -0.137. The monoisotopic (exact) mass is 486 g/mol. The fourth-order valence-corrected chi connectivity index (χ4v) is 6.45. The van der Waals surface area contributed by atoms with Gasteiger partial charge in [0.2, 0.25) is 23.6 Å². The van der Waals surface area contributed by atoms with E-state index in [1.165, 1.54) is 9.80 Å². The molecular formula is C28H26N2O6. The molecule has 184 valence electrons. The lowest BCUT2D eigenvalue weighted by Crippen LogP contribution is -2.50. The van der Waals surface area contributed by atoms with Crippen LogP contribution in [-0.2, 0) is 19.2 Å². The van der Waals surface area contributed by atoms with Gasteiger partial charge in [0.1, 0.15) is 11.5 Å². The molecule has 2 saturated heterocycles. The Morgan fingerprint density at radius 2 is 0.861 bits per heavy atom. The van der Waals surface area contributed by atoms with Crippen LogP contribution in [0.4, 0.5) is 11.4 Å². The molecule has 4 amide bonds. The van der Waals surface area contributed by atoms with E-state index < -0.39 is 35.5 Å². The Morgan fingerprint density at radius 3 is 1.14 bits per heavy atom. The van der Waals surface area contributed by atoms with Crippen LogP contribution in [0.2, 0.25) is 0 Å². The molecule has 2 heterocycles. The molecule has 36 heavy (non-hydrogen) atoms. The number of carbonyl (C=O) groups excluding carboxylic acids is 4. The molecule has 0 spiro atoms. The molecule has 8 heteroatoms. The van der Waals surface area contributed by atoms with Crippen molar-refractivity contribution in [1.29, 1.82) is 0 Å². The minimum absolute atomic E-state index is 0.313. The predicted octanol–water partition coefficient (Wildman–Crippen LogP) is 3.21. The Morgan fingerprint density at radius 1 is 0.556 bits per heavy atom. The molecule has 2 aromatic rings. The van der Waals surface area contributed by atoms with E-state index in [1.54, 1.807) is 48.5 Å².